The quantitative estimate of drug-likeness (QED) is 0.432. The molecule has 1 aliphatic heterocycles. The standard InChI is InChI=1S/C5H3Cl2NO2/c6-5(7)3(9)1-2-8-4(5)10/h1-2H,(H,8,10). The lowest BCUT2D eigenvalue weighted by Gasteiger charge is -2.17. The summed E-state index contributed by atoms with van der Waals surface area (Å²) in [7, 11) is 0. The van der Waals surface area contributed by atoms with Gasteiger partial charge in [0.05, 0.1) is 0 Å². The van der Waals surface area contributed by atoms with E-state index >= 15 is 0 Å². The summed E-state index contributed by atoms with van der Waals surface area (Å²) in [5.41, 5.74) is 0. The highest BCUT2D eigenvalue weighted by molar-refractivity contribution is 6.69. The van der Waals surface area contributed by atoms with Crippen molar-refractivity contribution in [2.45, 2.75) is 4.33 Å². The Balaban J connectivity index is 3.00. The molecule has 0 saturated heterocycles. The average molecular weight is 180 g/mol. The zero-order chi connectivity index (χ0) is 7.78. The molecule has 0 saturated carbocycles. The summed E-state index contributed by atoms with van der Waals surface area (Å²) in [6.07, 6.45) is 2.31. The van der Waals surface area contributed by atoms with Crippen molar-refractivity contribution in [1.82, 2.24) is 5.32 Å². The van der Waals surface area contributed by atoms with Crippen molar-refractivity contribution < 1.29 is 9.59 Å². The van der Waals surface area contributed by atoms with Gasteiger partial charge in [0.15, 0.2) is 0 Å². The molecule has 3 nitrogen and oxygen atoms in total. The Kier molecular flexibility index (Phi) is 1.70. The number of carbonyl (C=O) groups excluding carboxylic acids is 2. The van der Waals surface area contributed by atoms with Crippen molar-refractivity contribution in [3.05, 3.63) is 12.3 Å². The molecule has 0 aromatic rings. The number of hydrogen-bond acceptors (Lipinski definition) is 2. The maximum Gasteiger partial charge on any atom is 0.268 e. The van der Waals surface area contributed by atoms with Crippen LogP contribution in [0.5, 0.6) is 0 Å². The van der Waals surface area contributed by atoms with E-state index in [4.69, 9.17) is 23.2 Å². The van der Waals surface area contributed by atoms with Crippen LogP contribution < -0.4 is 5.32 Å². The highest BCUT2D eigenvalue weighted by Crippen LogP contribution is 2.24. The molecule has 1 amide bonds. The van der Waals surface area contributed by atoms with Crippen molar-refractivity contribution in [2.75, 3.05) is 0 Å². The fourth-order valence-electron chi connectivity index (χ4n) is 0.500. The van der Waals surface area contributed by atoms with Crippen molar-refractivity contribution >= 4 is 34.9 Å². The Morgan fingerprint density at radius 2 is 2.00 bits per heavy atom. The van der Waals surface area contributed by atoms with E-state index in [0.717, 1.165) is 6.08 Å². The summed E-state index contributed by atoms with van der Waals surface area (Å²) in [5, 5.41) is 2.20. The molecule has 0 radical (unpaired) electrons. The first-order valence-corrected chi connectivity index (χ1v) is 3.20. The summed E-state index contributed by atoms with van der Waals surface area (Å²) in [4.78, 5) is 21.4. The van der Waals surface area contributed by atoms with Crippen molar-refractivity contribution in [3.63, 3.8) is 0 Å². The largest absolute Gasteiger partial charge is 0.330 e. The van der Waals surface area contributed by atoms with E-state index in [1.165, 1.54) is 6.20 Å². The molecule has 0 aliphatic carbocycles. The van der Waals surface area contributed by atoms with Gasteiger partial charge in [0.25, 0.3) is 10.2 Å². The van der Waals surface area contributed by atoms with Gasteiger partial charge in [-0.3, -0.25) is 9.59 Å². The fourth-order valence-corrected chi connectivity index (χ4v) is 0.735. The Morgan fingerprint density at radius 3 is 2.40 bits per heavy atom. The zero-order valence-corrected chi connectivity index (χ0v) is 6.24. The zero-order valence-electron chi connectivity index (χ0n) is 4.73. The predicted octanol–water partition coefficient (Wildman–Crippen LogP) is 0.373. The van der Waals surface area contributed by atoms with Crippen LogP contribution in [0.2, 0.25) is 0 Å². The maximum absolute atomic E-state index is 10.7. The molecular weight excluding hydrogens is 177 g/mol. The van der Waals surface area contributed by atoms with E-state index in [9.17, 15) is 9.59 Å². The Bertz CT molecular complexity index is 222. The smallest absolute Gasteiger partial charge is 0.268 e. The van der Waals surface area contributed by atoms with Crippen LogP contribution in [-0.2, 0) is 9.59 Å². The summed E-state index contributed by atoms with van der Waals surface area (Å²) in [6.45, 7) is 0. The van der Waals surface area contributed by atoms with Gasteiger partial charge < -0.3 is 5.32 Å². The van der Waals surface area contributed by atoms with Crippen LogP contribution in [0.25, 0.3) is 0 Å². The van der Waals surface area contributed by atoms with Gasteiger partial charge in [0.2, 0.25) is 5.78 Å². The molecule has 1 N–H and O–H groups in total. The number of hydrogen-bond donors (Lipinski definition) is 1. The second-order valence-corrected chi connectivity index (χ2v) is 3.07. The summed E-state index contributed by atoms with van der Waals surface area (Å²) >= 11 is 10.7. The Hall–Kier alpha value is -0.540. The third-order valence-corrected chi connectivity index (χ3v) is 1.76. The van der Waals surface area contributed by atoms with Gasteiger partial charge in [-0.2, -0.15) is 0 Å². The van der Waals surface area contributed by atoms with Crippen molar-refractivity contribution in [1.29, 1.82) is 0 Å². The molecule has 10 heavy (non-hydrogen) atoms. The van der Waals surface area contributed by atoms with Crippen LogP contribution in [0.4, 0.5) is 0 Å². The normalized spacial score (nSPS) is 22.6. The van der Waals surface area contributed by atoms with Crippen LogP contribution in [0.15, 0.2) is 12.3 Å². The van der Waals surface area contributed by atoms with Gasteiger partial charge in [-0.25, -0.2) is 0 Å². The number of carbonyl (C=O) groups is 2. The lowest BCUT2D eigenvalue weighted by molar-refractivity contribution is -0.127. The first-order chi connectivity index (χ1) is 4.55. The van der Waals surface area contributed by atoms with Gasteiger partial charge in [-0.15, -0.1) is 0 Å². The van der Waals surface area contributed by atoms with E-state index in [2.05, 4.69) is 5.32 Å². The highest BCUT2D eigenvalue weighted by atomic mass is 35.5. The minimum atomic E-state index is -1.94. The Morgan fingerprint density at radius 1 is 1.40 bits per heavy atom. The van der Waals surface area contributed by atoms with Crippen LogP contribution in [-0.4, -0.2) is 16.0 Å². The number of alkyl halides is 2. The fraction of sp³-hybridized carbons (Fsp3) is 0.200. The third kappa shape index (κ3) is 1.02. The molecule has 0 bridgehead atoms. The third-order valence-electron chi connectivity index (χ3n) is 1.04. The first kappa shape index (κ1) is 7.57. The van der Waals surface area contributed by atoms with Gasteiger partial charge in [-0.1, -0.05) is 23.2 Å². The molecule has 1 heterocycles. The first-order valence-electron chi connectivity index (χ1n) is 2.45. The van der Waals surface area contributed by atoms with Crippen molar-refractivity contribution in [3.8, 4) is 0 Å². The van der Waals surface area contributed by atoms with E-state index in [-0.39, 0.29) is 0 Å². The second kappa shape index (κ2) is 2.25. The molecule has 1 aliphatic rings. The average Bonchev–Trinajstić information content (AvgIpc) is 1.84. The molecule has 0 fully saturated rings. The van der Waals surface area contributed by atoms with Crippen LogP contribution in [0, 0.1) is 0 Å². The van der Waals surface area contributed by atoms with Gasteiger partial charge in [0, 0.05) is 12.3 Å². The van der Waals surface area contributed by atoms with Gasteiger partial charge in [-0.05, 0) is 0 Å². The van der Waals surface area contributed by atoms with E-state index in [0.29, 0.717) is 0 Å². The van der Waals surface area contributed by atoms with Crippen molar-refractivity contribution in [2.24, 2.45) is 0 Å². The number of amides is 1. The van der Waals surface area contributed by atoms with Gasteiger partial charge >= 0.3 is 0 Å². The SMILES string of the molecule is O=C1C=CNC(=O)C1(Cl)Cl. The molecule has 1 rings (SSSR count). The highest BCUT2D eigenvalue weighted by Gasteiger charge is 2.41. The maximum atomic E-state index is 10.7. The molecule has 0 aromatic heterocycles. The monoisotopic (exact) mass is 179 g/mol. The molecule has 0 atom stereocenters. The summed E-state index contributed by atoms with van der Waals surface area (Å²) in [5.74, 6) is -1.32. The number of allylic oxidation sites excluding steroid dienone is 1. The molecule has 0 aromatic carbocycles. The minimum Gasteiger partial charge on any atom is -0.330 e. The minimum absolute atomic E-state index is 0.611. The predicted molar refractivity (Wildman–Crippen MR) is 36.7 cm³/mol. The van der Waals surface area contributed by atoms with Gasteiger partial charge in [0.1, 0.15) is 0 Å². The molecule has 0 spiro atoms. The lowest BCUT2D eigenvalue weighted by atomic mass is 10.2. The summed E-state index contributed by atoms with van der Waals surface area (Å²) in [6, 6.07) is 0. The van der Waals surface area contributed by atoms with Crippen LogP contribution in [0.1, 0.15) is 0 Å². The van der Waals surface area contributed by atoms with E-state index < -0.39 is 16.0 Å². The molecule has 5 heteroatoms. The van der Waals surface area contributed by atoms with Crippen LogP contribution in [0.3, 0.4) is 0 Å². The number of halogens is 2. The number of ketones is 1. The second-order valence-electron chi connectivity index (χ2n) is 1.75. The van der Waals surface area contributed by atoms with E-state index in [1.807, 2.05) is 0 Å². The van der Waals surface area contributed by atoms with Crippen LogP contribution >= 0.6 is 23.2 Å². The summed E-state index contributed by atoms with van der Waals surface area (Å²) < 4.78 is -1.94. The number of rotatable bonds is 0. The lowest BCUT2D eigenvalue weighted by Crippen LogP contribution is -2.44. The Labute approximate surface area is 67.0 Å². The topological polar surface area (TPSA) is 46.2 Å². The van der Waals surface area contributed by atoms with E-state index in [1.54, 1.807) is 0 Å². The number of nitrogens with one attached hydrogen (secondary N) is 1. The molecule has 0 unspecified atom stereocenters. The molecule has 54 valence electrons. The molecular formula is C5H3Cl2NO2.